The maximum Gasteiger partial charge on any atom is 0.490 e. The van der Waals surface area contributed by atoms with Crippen molar-refractivity contribution in [2.45, 2.75) is 18.3 Å². The zero-order valence-electron chi connectivity index (χ0n) is 14.2. The molecule has 2 aromatic rings. The second-order valence-electron chi connectivity index (χ2n) is 6.47. The van der Waals surface area contributed by atoms with Crippen LogP contribution in [0, 0.1) is 0 Å². The van der Waals surface area contributed by atoms with Crippen LogP contribution in [0.15, 0.2) is 29.0 Å². The minimum absolute atomic E-state index is 0.0549. The number of hydrogen-bond acceptors (Lipinski definition) is 5. The fraction of sp³-hybridized carbons (Fsp3) is 0.500. The van der Waals surface area contributed by atoms with Crippen molar-refractivity contribution in [3.8, 4) is 0 Å². The molecular formula is C16H18BrF3N4O3. The summed E-state index contributed by atoms with van der Waals surface area (Å²) in [5.74, 6) is -2.76. The predicted octanol–water partition coefficient (Wildman–Crippen LogP) is 1.90. The van der Waals surface area contributed by atoms with E-state index in [1.165, 1.54) is 5.69 Å². The van der Waals surface area contributed by atoms with Gasteiger partial charge < -0.3 is 19.6 Å². The van der Waals surface area contributed by atoms with Gasteiger partial charge in [-0.3, -0.25) is 4.90 Å². The summed E-state index contributed by atoms with van der Waals surface area (Å²) in [5.41, 5.74) is 2.28. The number of aliphatic carboxylic acids is 1. The number of morpholine rings is 1. The molecule has 7 nitrogen and oxygen atoms in total. The van der Waals surface area contributed by atoms with Crippen LogP contribution < -0.4 is 5.32 Å². The van der Waals surface area contributed by atoms with E-state index in [2.05, 4.69) is 41.7 Å². The first kappa shape index (κ1) is 20.1. The van der Waals surface area contributed by atoms with Crippen LogP contribution in [0.4, 0.5) is 13.2 Å². The van der Waals surface area contributed by atoms with Gasteiger partial charge in [0.1, 0.15) is 11.2 Å². The average molecular weight is 451 g/mol. The lowest BCUT2D eigenvalue weighted by Crippen LogP contribution is -2.68. The fourth-order valence-corrected chi connectivity index (χ4v) is 3.36. The van der Waals surface area contributed by atoms with Crippen LogP contribution in [0.3, 0.4) is 0 Å². The van der Waals surface area contributed by atoms with Crippen molar-refractivity contribution in [2.24, 2.45) is 0 Å². The van der Waals surface area contributed by atoms with E-state index in [-0.39, 0.29) is 5.60 Å². The van der Waals surface area contributed by atoms with E-state index < -0.39 is 12.1 Å². The highest BCUT2D eigenvalue weighted by molar-refractivity contribution is 9.10. The molecule has 11 heteroatoms. The molecule has 0 atom stereocenters. The molecule has 1 spiro atoms. The summed E-state index contributed by atoms with van der Waals surface area (Å²) < 4.78 is 40.9. The van der Waals surface area contributed by atoms with Crippen molar-refractivity contribution in [2.75, 3.05) is 32.8 Å². The third kappa shape index (κ3) is 4.78. The lowest BCUT2D eigenvalue weighted by molar-refractivity contribution is -0.192. The van der Waals surface area contributed by atoms with Crippen LogP contribution >= 0.6 is 15.9 Å². The monoisotopic (exact) mass is 450 g/mol. The first-order valence-corrected chi connectivity index (χ1v) is 8.96. The first-order valence-electron chi connectivity index (χ1n) is 8.17. The lowest BCUT2D eigenvalue weighted by Gasteiger charge is -2.48. The second-order valence-corrected chi connectivity index (χ2v) is 7.39. The Balaban J connectivity index is 0.000000260. The molecule has 2 saturated heterocycles. The van der Waals surface area contributed by atoms with E-state index in [0.717, 1.165) is 49.5 Å². The summed E-state index contributed by atoms with van der Waals surface area (Å²) in [6.07, 6.45) is -1.03. The number of imidazole rings is 1. The lowest BCUT2D eigenvalue weighted by atomic mass is 9.94. The van der Waals surface area contributed by atoms with Gasteiger partial charge in [-0.25, -0.2) is 9.78 Å². The molecule has 0 unspecified atom stereocenters. The minimum Gasteiger partial charge on any atom is -0.475 e. The number of carboxylic acid groups (broad SMARTS) is 1. The molecule has 148 valence electrons. The molecule has 0 radical (unpaired) electrons. The fourth-order valence-electron chi connectivity index (χ4n) is 3.03. The highest BCUT2D eigenvalue weighted by Gasteiger charge is 2.42. The Hall–Kier alpha value is -1.69. The molecule has 0 aromatic carbocycles. The van der Waals surface area contributed by atoms with E-state index in [4.69, 9.17) is 14.6 Å². The largest absolute Gasteiger partial charge is 0.490 e. The Morgan fingerprint density at radius 3 is 2.70 bits per heavy atom. The maximum atomic E-state index is 10.6. The number of ether oxygens (including phenoxy) is 1. The van der Waals surface area contributed by atoms with Gasteiger partial charge in [-0.2, -0.15) is 13.2 Å². The summed E-state index contributed by atoms with van der Waals surface area (Å²) in [7, 11) is 0. The van der Waals surface area contributed by atoms with Gasteiger partial charge in [-0.05, 0) is 28.1 Å². The summed E-state index contributed by atoms with van der Waals surface area (Å²) in [5, 5.41) is 10.4. The van der Waals surface area contributed by atoms with Gasteiger partial charge in [-0.15, -0.1) is 0 Å². The molecule has 2 fully saturated rings. The molecule has 0 saturated carbocycles. The van der Waals surface area contributed by atoms with Gasteiger partial charge in [-0.1, -0.05) is 0 Å². The summed E-state index contributed by atoms with van der Waals surface area (Å²) in [4.78, 5) is 15.8. The number of pyridine rings is 1. The Morgan fingerprint density at radius 2 is 2.11 bits per heavy atom. The molecule has 2 N–H and O–H groups in total. The van der Waals surface area contributed by atoms with Crippen molar-refractivity contribution in [1.29, 1.82) is 0 Å². The number of rotatable bonds is 2. The van der Waals surface area contributed by atoms with Crippen molar-refractivity contribution in [3.05, 3.63) is 34.7 Å². The van der Waals surface area contributed by atoms with Gasteiger partial charge in [0.2, 0.25) is 0 Å². The van der Waals surface area contributed by atoms with Crippen molar-refractivity contribution >= 4 is 27.5 Å². The normalized spacial score (nSPS) is 19.4. The number of nitrogens with zero attached hydrogens (tertiary/aromatic N) is 3. The minimum atomic E-state index is -5.08. The number of aromatic nitrogens is 2. The van der Waals surface area contributed by atoms with Crippen LogP contribution in [0.25, 0.3) is 5.65 Å². The summed E-state index contributed by atoms with van der Waals surface area (Å²) >= 11 is 3.52. The van der Waals surface area contributed by atoms with Crippen LogP contribution in [0.1, 0.15) is 5.69 Å². The van der Waals surface area contributed by atoms with Crippen molar-refractivity contribution in [3.63, 3.8) is 0 Å². The van der Waals surface area contributed by atoms with Crippen LogP contribution in [0.5, 0.6) is 0 Å². The number of halogens is 4. The molecular weight excluding hydrogens is 433 g/mol. The predicted molar refractivity (Wildman–Crippen MR) is 93.4 cm³/mol. The van der Waals surface area contributed by atoms with Crippen LogP contribution in [-0.4, -0.2) is 69.9 Å². The van der Waals surface area contributed by atoms with E-state index >= 15 is 0 Å². The molecule has 4 rings (SSSR count). The molecule has 2 aliphatic heterocycles. The topological polar surface area (TPSA) is 79.1 Å². The SMILES string of the molecule is Brc1ccc2ncc(CN3CCOC4(CNC4)C3)n2c1.O=C(O)C(F)(F)F. The van der Waals surface area contributed by atoms with Gasteiger partial charge in [0.15, 0.2) is 0 Å². The van der Waals surface area contributed by atoms with E-state index in [0.29, 0.717) is 0 Å². The van der Waals surface area contributed by atoms with Gasteiger partial charge in [0, 0.05) is 43.4 Å². The Bertz CT molecular complexity index is 823. The maximum absolute atomic E-state index is 10.6. The number of fused-ring (bicyclic) bond motifs is 1. The molecule has 2 aliphatic rings. The quantitative estimate of drug-likeness (QED) is 0.727. The standard InChI is InChI=1S/C14H17BrN4O.C2HF3O2/c15-11-1-2-13-17-5-12(19(13)6-11)7-18-3-4-20-14(10-18)8-16-9-14;3-2(4,5)1(6)7/h1-2,5-6,16H,3-4,7-10H2;(H,6,7). The molecule has 4 heterocycles. The third-order valence-electron chi connectivity index (χ3n) is 4.40. The number of hydrogen-bond donors (Lipinski definition) is 2. The molecule has 0 bridgehead atoms. The van der Waals surface area contributed by atoms with Crippen molar-refractivity contribution in [1.82, 2.24) is 19.6 Å². The third-order valence-corrected chi connectivity index (χ3v) is 4.87. The highest BCUT2D eigenvalue weighted by Crippen LogP contribution is 2.24. The highest BCUT2D eigenvalue weighted by atomic mass is 79.9. The van der Waals surface area contributed by atoms with Crippen molar-refractivity contribution < 1.29 is 27.8 Å². The number of nitrogens with one attached hydrogen (secondary N) is 1. The Morgan fingerprint density at radius 1 is 1.41 bits per heavy atom. The van der Waals surface area contributed by atoms with Gasteiger partial charge in [0.25, 0.3) is 0 Å². The summed E-state index contributed by atoms with van der Waals surface area (Å²) in [6.45, 7) is 5.68. The van der Waals surface area contributed by atoms with Gasteiger partial charge >= 0.3 is 12.1 Å². The van der Waals surface area contributed by atoms with Crippen LogP contribution in [-0.2, 0) is 16.1 Å². The summed E-state index contributed by atoms with van der Waals surface area (Å²) in [6, 6.07) is 4.06. The molecule has 0 amide bonds. The van der Waals surface area contributed by atoms with E-state index in [9.17, 15) is 13.2 Å². The smallest absolute Gasteiger partial charge is 0.475 e. The molecule has 27 heavy (non-hydrogen) atoms. The zero-order chi connectivity index (χ0) is 19.7. The molecule has 2 aromatic heterocycles. The van der Waals surface area contributed by atoms with E-state index in [1.807, 2.05) is 18.3 Å². The average Bonchev–Trinajstić information content (AvgIpc) is 2.95. The zero-order valence-corrected chi connectivity index (χ0v) is 15.8. The Labute approximate surface area is 161 Å². The number of carbonyl (C=O) groups is 1. The number of alkyl halides is 3. The van der Waals surface area contributed by atoms with Crippen LogP contribution in [0.2, 0.25) is 0 Å². The van der Waals surface area contributed by atoms with E-state index in [1.54, 1.807) is 0 Å². The number of carboxylic acids is 1. The Kier molecular flexibility index (Phi) is 5.75. The molecule has 0 aliphatic carbocycles. The second kappa shape index (κ2) is 7.74. The first-order chi connectivity index (χ1) is 12.7. The van der Waals surface area contributed by atoms with Gasteiger partial charge in [0.05, 0.1) is 18.5 Å².